The molecular weight excluding hydrogens is 384 g/mol. The predicted molar refractivity (Wildman–Crippen MR) is 126 cm³/mol. The summed E-state index contributed by atoms with van der Waals surface area (Å²) < 4.78 is 5.21. The number of aliphatic hydroxyl groups excluding tert-OH is 2. The first kappa shape index (κ1) is 28.9. The lowest BCUT2D eigenvalue weighted by molar-refractivity contribution is -0.112. The van der Waals surface area contributed by atoms with Gasteiger partial charge in [-0.15, -0.1) is 0 Å². The Balaban J connectivity index is 3.46. The van der Waals surface area contributed by atoms with E-state index in [0.717, 1.165) is 12.8 Å². The van der Waals surface area contributed by atoms with E-state index in [1.165, 1.54) is 95.2 Å². The van der Waals surface area contributed by atoms with Crippen molar-refractivity contribution in [2.24, 2.45) is 0 Å². The molecule has 0 aromatic heterocycles. The van der Waals surface area contributed by atoms with Crippen molar-refractivity contribution in [3.05, 3.63) is 0 Å². The molecule has 29 heavy (non-hydrogen) atoms. The number of hydrogen-bond acceptors (Lipinski definition) is 5. The van der Waals surface area contributed by atoms with Crippen LogP contribution in [0.5, 0.6) is 0 Å². The summed E-state index contributed by atoms with van der Waals surface area (Å²) in [5.74, 6) is 0. The summed E-state index contributed by atoms with van der Waals surface area (Å²) in [5, 5.41) is 18.5. The van der Waals surface area contributed by atoms with Crippen LogP contribution in [-0.2, 0) is 9.53 Å². The molecule has 4 nitrogen and oxygen atoms in total. The quantitative estimate of drug-likeness (QED) is 0.197. The lowest BCUT2D eigenvalue weighted by Gasteiger charge is -2.13. The average Bonchev–Trinajstić information content (AvgIpc) is 2.73. The Kier molecular flexibility index (Phi) is 22.5. The number of carbonyl (C=O) groups excluding carboxylic acids is 1. The van der Waals surface area contributed by atoms with Crippen molar-refractivity contribution in [1.82, 2.24) is 0 Å². The summed E-state index contributed by atoms with van der Waals surface area (Å²) >= 11 is 1.46. The van der Waals surface area contributed by atoms with Gasteiger partial charge in [-0.2, -0.15) is 0 Å². The van der Waals surface area contributed by atoms with E-state index < -0.39 is 6.10 Å². The highest BCUT2D eigenvalue weighted by Crippen LogP contribution is 2.23. The van der Waals surface area contributed by atoms with Crippen LogP contribution < -0.4 is 0 Å². The van der Waals surface area contributed by atoms with Crippen molar-refractivity contribution in [2.45, 2.75) is 128 Å². The van der Waals surface area contributed by atoms with Crippen molar-refractivity contribution < 1.29 is 19.7 Å². The Labute approximate surface area is 184 Å². The van der Waals surface area contributed by atoms with Crippen LogP contribution in [0.2, 0.25) is 0 Å². The van der Waals surface area contributed by atoms with Crippen molar-refractivity contribution >= 4 is 16.9 Å². The van der Waals surface area contributed by atoms with E-state index in [-0.39, 0.29) is 18.3 Å². The van der Waals surface area contributed by atoms with Gasteiger partial charge in [-0.1, -0.05) is 109 Å². The smallest absolute Gasteiger partial charge is 0.191 e. The van der Waals surface area contributed by atoms with Crippen molar-refractivity contribution in [3.8, 4) is 0 Å². The van der Waals surface area contributed by atoms with Crippen molar-refractivity contribution in [3.63, 3.8) is 0 Å². The van der Waals surface area contributed by atoms with Crippen LogP contribution in [0.1, 0.15) is 117 Å². The Morgan fingerprint density at radius 3 is 1.86 bits per heavy atom. The maximum atomic E-state index is 12.0. The fourth-order valence-corrected chi connectivity index (χ4v) is 4.43. The molecule has 5 heteroatoms. The fourth-order valence-electron chi connectivity index (χ4n) is 3.41. The molecule has 0 aliphatic heterocycles. The fraction of sp³-hybridized carbons (Fsp3) is 0.958. The van der Waals surface area contributed by atoms with Gasteiger partial charge in [0, 0.05) is 11.7 Å². The minimum absolute atomic E-state index is 0.0879. The largest absolute Gasteiger partial charge is 0.394 e. The number of aliphatic hydroxyl groups is 2. The normalized spacial score (nSPS) is 13.5. The molecule has 0 amide bonds. The maximum Gasteiger partial charge on any atom is 0.191 e. The Bertz CT molecular complexity index is 352. The highest BCUT2D eigenvalue weighted by Gasteiger charge is 2.13. The van der Waals surface area contributed by atoms with Crippen LogP contribution in [0, 0.1) is 0 Å². The number of carbonyl (C=O) groups is 1. The van der Waals surface area contributed by atoms with E-state index in [0.29, 0.717) is 18.3 Å². The first-order chi connectivity index (χ1) is 14.1. The molecule has 0 aliphatic rings. The van der Waals surface area contributed by atoms with E-state index in [4.69, 9.17) is 9.84 Å². The van der Waals surface area contributed by atoms with Gasteiger partial charge >= 0.3 is 0 Å². The molecule has 0 aromatic rings. The van der Waals surface area contributed by atoms with Crippen LogP contribution in [0.25, 0.3) is 0 Å². The van der Waals surface area contributed by atoms with E-state index in [1.807, 2.05) is 0 Å². The molecule has 0 aliphatic carbocycles. The summed E-state index contributed by atoms with van der Waals surface area (Å²) in [5.41, 5.74) is 0. The second kappa shape index (κ2) is 22.6. The molecule has 0 rings (SSSR count). The number of thioether (sulfide) groups is 1. The van der Waals surface area contributed by atoms with Crippen LogP contribution in [-0.4, -0.2) is 46.5 Å². The standard InChI is InChI=1S/C24H48O4S/c1-3-5-6-7-8-9-10-11-12-13-14-15-16-17-23(4-2)29-24(27)18-19-28-21-22(26)20-25/h22-23,25-26H,3-21H2,1-2H3. The first-order valence-electron chi connectivity index (χ1n) is 12.2. The molecule has 2 unspecified atom stereocenters. The third-order valence-electron chi connectivity index (χ3n) is 5.35. The molecule has 2 N–H and O–H groups in total. The molecule has 0 radical (unpaired) electrons. The lowest BCUT2D eigenvalue weighted by atomic mass is 10.0. The molecule has 0 saturated carbocycles. The second-order valence-corrected chi connectivity index (χ2v) is 9.57. The zero-order chi connectivity index (χ0) is 21.6. The summed E-state index contributed by atoms with van der Waals surface area (Å²) in [6, 6.07) is 0. The first-order valence-corrected chi connectivity index (χ1v) is 13.1. The average molecular weight is 433 g/mol. The molecule has 0 heterocycles. The summed E-state index contributed by atoms with van der Waals surface area (Å²) in [7, 11) is 0. The summed E-state index contributed by atoms with van der Waals surface area (Å²) in [6.07, 6.45) is 19.4. The number of rotatable bonds is 22. The third-order valence-corrected chi connectivity index (χ3v) is 6.72. The molecule has 174 valence electrons. The van der Waals surface area contributed by atoms with Gasteiger partial charge in [-0.25, -0.2) is 0 Å². The van der Waals surface area contributed by atoms with Crippen LogP contribution >= 0.6 is 11.8 Å². The van der Waals surface area contributed by atoms with Crippen molar-refractivity contribution in [1.29, 1.82) is 0 Å². The number of unbranched alkanes of at least 4 members (excludes halogenated alkanes) is 12. The lowest BCUT2D eigenvalue weighted by Crippen LogP contribution is -2.20. The molecule has 0 fully saturated rings. The molecule has 0 spiro atoms. The second-order valence-electron chi connectivity index (χ2n) is 8.21. The predicted octanol–water partition coefficient (Wildman–Crippen LogP) is 6.27. The highest BCUT2D eigenvalue weighted by molar-refractivity contribution is 8.14. The zero-order valence-corrected chi connectivity index (χ0v) is 20.0. The van der Waals surface area contributed by atoms with Crippen LogP contribution in [0.15, 0.2) is 0 Å². The third kappa shape index (κ3) is 20.9. The summed E-state index contributed by atoms with van der Waals surface area (Å²) in [6.45, 7) is 4.53. The van der Waals surface area contributed by atoms with Crippen LogP contribution in [0.3, 0.4) is 0 Å². The van der Waals surface area contributed by atoms with Crippen LogP contribution in [0.4, 0.5) is 0 Å². The van der Waals surface area contributed by atoms with E-state index >= 15 is 0 Å². The SMILES string of the molecule is CCCCCCCCCCCCCCCC(CC)SC(=O)CCOCC(O)CO. The van der Waals surface area contributed by atoms with Crippen molar-refractivity contribution in [2.75, 3.05) is 19.8 Å². The Morgan fingerprint density at radius 1 is 0.862 bits per heavy atom. The molecule has 0 saturated heterocycles. The van der Waals surface area contributed by atoms with Gasteiger partial charge in [0.25, 0.3) is 0 Å². The van der Waals surface area contributed by atoms with Gasteiger partial charge in [0.2, 0.25) is 0 Å². The molecule has 2 atom stereocenters. The van der Waals surface area contributed by atoms with E-state index in [1.54, 1.807) is 0 Å². The molecular formula is C24H48O4S. The van der Waals surface area contributed by atoms with Gasteiger partial charge in [0.1, 0.15) is 6.10 Å². The Hall–Kier alpha value is -0.100. The minimum atomic E-state index is -0.850. The minimum Gasteiger partial charge on any atom is -0.394 e. The maximum absolute atomic E-state index is 12.0. The topological polar surface area (TPSA) is 66.8 Å². The van der Waals surface area contributed by atoms with E-state index in [2.05, 4.69) is 13.8 Å². The summed E-state index contributed by atoms with van der Waals surface area (Å²) in [4.78, 5) is 12.0. The van der Waals surface area contributed by atoms with E-state index in [9.17, 15) is 9.90 Å². The number of ether oxygens (including phenoxy) is 1. The van der Waals surface area contributed by atoms with Gasteiger partial charge in [-0.3, -0.25) is 4.79 Å². The van der Waals surface area contributed by atoms with Gasteiger partial charge in [0.15, 0.2) is 5.12 Å². The molecule has 0 aromatic carbocycles. The monoisotopic (exact) mass is 432 g/mol. The number of hydrogen-bond donors (Lipinski definition) is 2. The van der Waals surface area contributed by atoms with Gasteiger partial charge in [-0.05, 0) is 12.8 Å². The molecule has 0 bridgehead atoms. The van der Waals surface area contributed by atoms with Gasteiger partial charge < -0.3 is 14.9 Å². The Morgan fingerprint density at radius 2 is 1.38 bits per heavy atom. The highest BCUT2D eigenvalue weighted by atomic mass is 32.2. The van der Waals surface area contributed by atoms with Gasteiger partial charge in [0.05, 0.1) is 19.8 Å². The zero-order valence-electron chi connectivity index (χ0n) is 19.2.